The number of phosphoric acid groups is 1. The number of amides is 2. The number of unbranched alkanes of at least 4 members (excludes halogenated alkanes) is 2. The molecule has 27 heavy (non-hydrogen) atoms. The second kappa shape index (κ2) is 16.0. The van der Waals surface area contributed by atoms with Crippen LogP contribution in [0, 0.1) is 0 Å². The topological polar surface area (TPSA) is 132 Å². The maximum absolute atomic E-state index is 11.8. The molecule has 0 spiro atoms. The molecule has 0 fully saturated rings. The van der Waals surface area contributed by atoms with Crippen LogP contribution < -0.4 is 10.6 Å². The molecule has 0 aromatic carbocycles. The molecule has 1 atom stereocenters. The van der Waals surface area contributed by atoms with Gasteiger partial charge < -0.3 is 25.0 Å². The molecule has 0 aliphatic carbocycles. The summed E-state index contributed by atoms with van der Waals surface area (Å²) in [6.07, 6.45) is 2.58. The zero-order valence-corrected chi connectivity index (χ0v) is 17.3. The van der Waals surface area contributed by atoms with E-state index in [1.54, 1.807) is 14.2 Å². The fourth-order valence-electron chi connectivity index (χ4n) is 2.07. The molecule has 160 valence electrons. The quantitative estimate of drug-likeness (QED) is 0.238. The van der Waals surface area contributed by atoms with Crippen LogP contribution in [-0.4, -0.2) is 70.4 Å². The average Bonchev–Trinajstić information content (AvgIpc) is 2.64. The molecular weight excluding hydrogens is 379 g/mol. The van der Waals surface area contributed by atoms with Crippen molar-refractivity contribution in [2.75, 3.05) is 47.6 Å². The molecule has 0 bridgehead atoms. The van der Waals surface area contributed by atoms with E-state index < -0.39 is 13.9 Å². The minimum Gasteiger partial charge on any atom is -0.385 e. The monoisotopic (exact) mass is 412 g/mol. The third kappa shape index (κ3) is 15.7. The maximum atomic E-state index is 11.8. The number of ether oxygens (including phenoxy) is 2. The molecule has 0 aliphatic rings. The molecule has 0 radical (unpaired) electrons. The van der Waals surface area contributed by atoms with Crippen molar-refractivity contribution in [3.8, 4) is 0 Å². The predicted octanol–water partition coefficient (Wildman–Crippen LogP) is 0.984. The Kier molecular flexibility index (Phi) is 15.4. The second-order valence-electron chi connectivity index (χ2n) is 5.89. The number of carbonyl (C=O) groups excluding carboxylic acids is 2. The van der Waals surface area contributed by atoms with Gasteiger partial charge in [0.05, 0.1) is 0 Å². The predicted molar refractivity (Wildman–Crippen MR) is 99.2 cm³/mol. The lowest BCUT2D eigenvalue weighted by atomic mass is 10.2. The van der Waals surface area contributed by atoms with Crippen LogP contribution in [0.15, 0.2) is 0 Å². The summed E-state index contributed by atoms with van der Waals surface area (Å²) in [5.41, 5.74) is 0. The van der Waals surface area contributed by atoms with Crippen LogP contribution in [0.25, 0.3) is 0 Å². The van der Waals surface area contributed by atoms with Gasteiger partial charge in [0.2, 0.25) is 11.8 Å². The summed E-state index contributed by atoms with van der Waals surface area (Å²) in [5, 5.41) is 5.26. The summed E-state index contributed by atoms with van der Waals surface area (Å²) < 4.78 is 30.8. The highest BCUT2D eigenvalue weighted by atomic mass is 31.2. The van der Waals surface area contributed by atoms with Crippen molar-refractivity contribution in [3.63, 3.8) is 0 Å². The van der Waals surface area contributed by atoms with Gasteiger partial charge >= 0.3 is 7.82 Å². The van der Waals surface area contributed by atoms with Crippen molar-refractivity contribution in [2.45, 2.75) is 44.6 Å². The molecule has 0 aromatic rings. The van der Waals surface area contributed by atoms with Crippen LogP contribution in [0.4, 0.5) is 0 Å². The first-order chi connectivity index (χ1) is 12.8. The first-order valence-corrected chi connectivity index (χ1v) is 10.4. The van der Waals surface area contributed by atoms with Crippen molar-refractivity contribution in [1.29, 1.82) is 0 Å². The first kappa shape index (κ1) is 26.0. The lowest BCUT2D eigenvalue weighted by Gasteiger charge is -2.21. The van der Waals surface area contributed by atoms with Crippen molar-refractivity contribution in [2.24, 2.45) is 0 Å². The number of hydrogen-bond donors (Lipinski definition) is 3. The van der Waals surface area contributed by atoms with E-state index in [-0.39, 0.29) is 24.9 Å². The van der Waals surface area contributed by atoms with E-state index in [1.165, 1.54) is 0 Å². The van der Waals surface area contributed by atoms with Gasteiger partial charge in [0.15, 0.2) is 0 Å². The number of rotatable bonds is 17. The normalized spacial score (nSPS) is 13.4. The largest absolute Gasteiger partial charge is 0.472 e. The summed E-state index contributed by atoms with van der Waals surface area (Å²) in [7, 11) is -0.0150. The van der Waals surface area contributed by atoms with Gasteiger partial charge in [-0.1, -0.05) is 0 Å². The smallest absolute Gasteiger partial charge is 0.385 e. The van der Waals surface area contributed by atoms with E-state index in [1.807, 2.05) is 0 Å². The van der Waals surface area contributed by atoms with Crippen LogP contribution in [-0.2, 0) is 32.7 Å². The molecule has 0 saturated carbocycles. The van der Waals surface area contributed by atoms with Gasteiger partial charge in [0.1, 0.15) is 6.10 Å². The molecule has 0 aromatic heterocycles. The van der Waals surface area contributed by atoms with Gasteiger partial charge in [-0.2, -0.15) is 0 Å². The lowest BCUT2D eigenvalue weighted by Crippen LogP contribution is -2.41. The fraction of sp³-hybridized carbons (Fsp3) is 0.875. The van der Waals surface area contributed by atoms with Gasteiger partial charge in [0, 0.05) is 60.5 Å². The Bertz CT molecular complexity index is 436. The van der Waals surface area contributed by atoms with Crippen LogP contribution in [0.1, 0.15) is 38.5 Å². The molecule has 0 rings (SSSR count). The van der Waals surface area contributed by atoms with E-state index in [0.717, 1.165) is 20.0 Å². The van der Waals surface area contributed by atoms with E-state index >= 15 is 0 Å². The molecule has 3 N–H and O–H groups in total. The van der Waals surface area contributed by atoms with Crippen LogP contribution in [0.3, 0.4) is 0 Å². The highest BCUT2D eigenvalue weighted by molar-refractivity contribution is 7.47. The lowest BCUT2D eigenvalue weighted by molar-refractivity contribution is -0.121. The van der Waals surface area contributed by atoms with Gasteiger partial charge in [0.25, 0.3) is 0 Å². The second-order valence-corrected chi connectivity index (χ2v) is 7.40. The molecule has 0 saturated heterocycles. The molecular formula is C16H33N2O8P. The Hall–Kier alpha value is -1.03. The highest BCUT2D eigenvalue weighted by Gasteiger charge is 2.25. The third-order valence-electron chi connectivity index (χ3n) is 3.57. The Labute approximate surface area is 160 Å². The average molecular weight is 412 g/mol. The minimum absolute atomic E-state index is 0.0268. The van der Waals surface area contributed by atoms with Gasteiger partial charge in [-0.15, -0.1) is 0 Å². The number of methoxy groups -OCH3 is 2. The van der Waals surface area contributed by atoms with Crippen molar-refractivity contribution >= 4 is 19.6 Å². The third-order valence-corrected chi connectivity index (χ3v) is 4.60. The summed E-state index contributed by atoms with van der Waals surface area (Å²) in [5.74, 6) is -0.424. The van der Waals surface area contributed by atoms with Crippen LogP contribution in [0.5, 0.6) is 0 Å². The van der Waals surface area contributed by atoms with E-state index in [0.29, 0.717) is 38.9 Å². The number of carbonyl (C=O) groups is 2. The number of phosphoric ester groups is 1. The van der Waals surface area contributed by atoms with Crippen LogP contribution >= 0.6 is 7.82 Å². The Morgan fingerprint density at radius 3 is 1.70 bits per heavy atom. The SMILES string of the molecule is COCCCCC(=O)NCC(CNC(=O)CCCCOC)OP(=O)(O)OC. The number of hydrogen-bond acceptors (Lipinski definition) is 7. The molecule has 1 unspecified atom stereocenters. The summed E-state index contributed by atoms with van der Waals surface area (Å²) in [6, 6.07) is 0. The van der Waals surface area contributed by atoms with E-state index in [9.17, 15) is 19.0 Å². The standard InChI is InChI=1S/C16H33N2O8P/c1-23-10-6-4-8-15(19)17-12-14(26-27(21,22)25-3)13-18-16(20)9-5-7-11-24-2/h14H,4-13H2,1-3H3,(H,17,19)(H,18,20)(H,21,22). The Morgan fingerprint density at radius 2 is 1.33 bits per heavy atom. The Morgan fingerprint density at radius 1 is 0.889 bits per heavy atom. The molecule has 2 amide bonds. The summed E-state index contributed by atoms with van der Waals surface area (Å²) in [6.45, 7) is 1.11. The highest BCUT2D eigenvalue weighted by Crippen LogP contribution is 2.43. The molecule has 10 nitrogen and oxygen atoms in total. The molecule has 0 heterocycles. The van der Waals surface area contributed by atoms with Gasteiger partial charge in [-0.3, -0.25) is 18.6 Å². The van der Waals surface area contributed by atoms with Crippen molar-refractivity contribution < 1.29 is 37.6 Å². The van der Waals surface area contributed by atoms with Crippen LogP contribution in [0.2, 0.25) is 0 Å². The Balaban J connectivity index is 4.34. The molecule has 11 heteroatoms. The number of nitrogens with one attached hydrogen (secondary N) is 2. The molecule has 0 aliphatic heterocycles. The zero-order valence-electron chi connectivity index (χ0n) is 16.4. The van der Waals surface area contributed by atoms with Gasteiger partial charge in [-0.05, 0) is 25.7 Å². The maximum Gasteiger partial charge on any atom is 0.472 e. The zero-order chi connectivity index (χ0) is 20.5. The summed E-state index contributed by atoms with van der Waals surface area (Å²) >= 11 is 0. The fourth-order valence-corrected chi connectivity index (χ4v) is 2.69. The van der Waals surface area contributed by atoms with Crippen molar-refractivity contribution in [1.82, 2.24) is 10.6 Å². The summed E-state index contributed by atoms with van der Waals surface area (Å²) in [4.78, 5) is 33.1. The van der Waals surface area contributed by atoms with Gasteiger partial charge in [-0.25, -0.2) is 4.57 Å². The first-order valence-electron chi connectivity index (χ1n) is 8.92. The van der Waals surface area contributed by atoms with E-state index in [4.69, 9.17) is 14.0 Å². The van der Waals surface area contributed by atoms with Crippen molar-refractivity contribution in [3.05, 3.63) is 0 Å². The minimum atomic E-state index is -4.25. The van der Waals surface area contributed by atoms with E-state index in [2.05, 4.69) is 15.2 Å².